The minimum Gasteiger partial charge on any atom is -0.469 e. The molecule has 4 nitrogen and oxygen atoms in total. The van der Waals surface area contributed by atoms with Gasteiger partial charge >= 0.3 is 5.97 Å². The van der Waals surface area contributed by atoms with Gasteiger partial charge in [0.05, 0.1) is 12.6 Å². The number of hydrogen-bond donors (Lipinski definition) is 0. The summed E-state index contributed by atoms with van der Waals surface area (Å²) >= 11 is 3.35. The van der Waals surface area contributed by atoms with Crippen molar-refractivity contribution >= 4 is 38.6 Å². The topological polar surface area (TPSA) is 56.3 Å². The first-order valence-electron chi connectivity index (χ1n) is 5.26. The zero-order valence-electron chi connectivity index (χ0n) is 9.64. The van der Waals surface area contributed by atoms with Crippen LogP contribution >= 0.6 is 15.9 Å². The molecule has 0 amide bonds. The van der Waals surface area contributed by atoms with E-state index < -0.39 is 5.97 Å². The lowest BCUT2D eigenvalue weighted by molar-refractivity contribution is -0.139. The standard InChI is InChI=1S/C13H10BrNO3/c1-18-13(17)7-12(16)9-4-5-15-11-3-2-8(14)6-10(9)11/h2-6H,7H2,1H3. The Morgan fingerprint density at radius 2 is 2.11 bits per heavy atom. The van der Waals surface area contributed by atoms with Crippen LogP contribution in [0.1, 0.15) is 16.8 Å². The molecule has 0 spiro atoms. The number of methoxy groups -OCH3 is 1. The van der Waals surface area contributed by atoms with Crippen LogP contribution in [-0.2, 0) is 9.53 Å². The molecule has 0 unspecified atom stereocenters. The van der Waals surface area contributed by atoms with E-state index in [2.05, 4.69) is 25.7 Å². The van der Waals surface area contributed by atoms with Crippen molar-refractivity contribution in [3.05, 3.63) is 40.5 Å². The predicted octanol–water partition coefficient (Wildman–Crippen LogP) is 2.74. The number of rotatable bonds is 3. The van der Waals surface area contributed by atoms with E-state index in [1.807, 2.05) is 18.2 Å². The molecule has 5 heteroatoms. The number of ketones is 1. The summed E-state index contributed by atoms with van der Waals surface area (Å²) in [6.07, 6.45) is 1.29. The second-order valence-electron chi connectivity index (χ2n) is 3.70. The van der Waals surface area contributed by atoms with Crippen LogP contribution in [0, 0.1) is 0 Å². The van der Waals surface area contributed by atoms with E-state index >= 15 is 0 Å². The van der Waals surface area contributed by atoms with Crippen molar-refractivity contribution in [2.24, 2.45) is 0 Å². The molecule has 0 aliphatic rings. The second kappa shape index (κ2) is 5.27. The van der Waals surface area contributed by atoms with Crippen molar-refractivity contribution in [2.45, 2.75) is 6.42 Å². The van der Waals surface area contributed by atoms with Gasteiger partial charge in [-0.05, 0) is 24.3 Å². The van der Waals surface area contributed by atoms with Crippen molar-refractivity contribution < 1.29 is 14.3 Å². The van der Waals surface area contributed by atoms with Gasteiger partial charge in [0, 0.05) is 21.6 Å². The maximum Gasteiger partial charge on any atom is 0.313 e. The molecule has 0 bridgehead atoms. The van der Waals surface area contributed by atoms with Crippen LogP contribution in [0.2, 0.25) is 0 Å². The van der Waals surface area contributed by atoms with Gasteiger partial charge in [-0.1, -0.05) is 15.9 Å². The van der Waals surface area contributed by atoms with Gasteiger partial charge < -0.3 is 4.74 Å². The molecule has 0 aliphatic heterocycles. The normalized spacial score (nSPS) is 10.3. The zero-order valence-corrected chi connectivity index (χ0v) is 11.2. The third-order valence-electron chi connectivity index (χ3n) is 2.54. The van der Waals surface area contributed by atoms with Crippen LogP contribution in [0.3, 0.4) is 0 Å². The van der Waals surface area contributed by atoms with Crippen LogP contribution in [0.25, 0.3) is 10.9 Å². The van der Waals surface area contributed by atoms with Gasteiger partial charge in [-0.15, -0.1) is 0 Å². The predicted molar refractivity (Wildman–Crippen MR) is 70.4 cm³/mol. The fraction of sp³-hybridized carbons (Fsp3) is 0.154. The molecule has 1 heterocycles. The van der Waals surface area contributed by atoms with Gasteiger partial charge in [0.1, 0.15) is 6.42 Å². The number of hydrogen-bond acceptors (Lipinski definition) is 4. The number of nitrogens with zero attached hydrogens (tertiary/aromatic N) is 1. The molecule has 0 fully saturated rings. The van der Waals surface area contributed by atoms with Gasteiger partial charge in [0.2, 0.25) is 0 Å². The van der Waals surface area contributed by atoms with Crippen molar-refractivity contribution in [1.29, 1.82) is 0 Å². The molecule has 0 atom stereocenters. The van der Waals surface area contributed by atoms with E-state index in [4.69, 9.17) is 0 Å². The molecule has 0 saturated heterocycles. The second-order valence-corrected chi connectivity index (χ2v) is 4.61. The minimum absolute atomic E-state index is 0.262. The van der Waals surface area contributed by atoms with E-state index in [1.165, 1.54) is 7.11 Å². The summed E-state index contributed by atoms with van der Waals surface area (Å²) in [5.74, 6) is -0.813. The lowest BCUT2D eigenvalue weighted by atomic mass is 10.0. The smallest absolute Gasteiger partial charge is 0.313 e. The van der Waals surface area contributed by atoms with Crippen LogP contribution in [0.4, 0.5) is 0 Å². The third kappa shape index (κ3) is 2.56. The Morgan fingerprint density at radius 3 is 2.83 bits per heavy atom. The molecular formula is C13H10BrNO3. The molecule has 0 saturated carbocycles. The highest BCUT2D eigenvalue weighted by Gasteiger charge is 2.15. The summed E-state index contributed by atoms with van der Waals surface area (Å²) in [5, 5.41) is 0.723. The summed E-state index contributed by atoms with van der Waals surface area (Å²) in [6.45, 7) is 0. The average Bonchev–Trinajstić information content (AvgIpc) is 2.37. The molecule has 2 aromatic rings. The quantitative estimate of drug-likeness (QED) is 0.497. The van der Waals surface area contributed by atoms with E-state index in [0.29, 0.717) is 11.1 Å². The lowest BCUT2D eigenvalue weighted by Gasteiger charge is -2.05. The average molecular weight is 308 g/mol. The Hall–Kier alpha value is -1.75. The first kappa shape index (κ1) is 12.7. The number of carbonyl (C=O) groups excluding carboxylic acids is 2. The summed E-state index contributed by atoms with van der Waals surface area (Å²) in [7, 11) is 1.26. The van der Waals surface area contributed by atoms with Crippen LogP contribution in [-0.4, -0.2) is 23.8 Å². The summed E-state index contributed by atoms with van der Waals surface area (Å²) in [5.41, 5.74) is 1.20. The van der Waals surface area contributed by atoms with Crippen LogP contribution in [0.15, 0.2) is 34.9 Å². The maximum absolute atomic E-state index is 12.0. The largest absolute Gasteiger partial charge is 0.469 e. The fourth-order valence-electron chi connectivity index (χ4n) is 1.66. The highest BCUT2D eigenvalue weighted by atomic mass is 79.9. The zero-order chi connectivity index (χ0) is 13.1. The Bertz CT molecular complexity index is 625. The molecule has 1 aromatic carbocycles. The number of fused-ring (bicyclic) bond motifs is 1. The summed E-state index contributed by atoms with van der Waals surface area (Å²) in [6, 6.07) is 7.09. The number of ether oxygens (including phenoxy) is 1. The third-order valence-corrected chi connectivity index (χ3v) is 3.03. The lowest BCUT2D eigenvalue weighted by Crippen LogP contribution is -2.10. The van der Waals surface area contributed by atoms with E-state index in [9.17, 15) is 9.59 Å². The van der Waals surface area contributed by atoms with E-state index in [0.717, 1.165) is 9.86 Å². The minimum atomic E-state index is -0.542. The van der Waals surface area contributed by atoms with Crippen LogP contribution < -0.4 is 0 Å². The Kier molecular flexibility index (Phi) is 3.72. The fourth-order valence-corrected chi connectivity index (χ4v) is 2.02. The maximum atomic E-state index is 12.0. The SMILES string of the molecule is COC(=O)CC(=O)c1ccnc2ccc(Br)cc12. The highest BCUT2D eigenvalue weighted by Crippen LogP contribution is 2.22. The Balaban J connectivity index is 2.47. The Labute approximate surface area is 112 Å². The van der Waals surface area contributed by atoms with Gasteiger partial charge in [0.25, 0.3) is 0 Å². The number of esters is 1. The number of pyridine rings is 1. The molecule has 0 N–H and O–H groups in total. The number of carbonyl (C=O) groups is 2. The molecule has 0 aliphatic carbocycles. The first-order chi connectivity index (χ1) is 8.61. The number of aromatic nitrogens is 1. The van der Waals surface area contributed by atoms with E-state index in [1.54, 1.807) is 12.3 Å². The van der Waals surface area contributed by atoms with Gasteiger partial charge in [-0.2, -0.15) is 0 Å². The van der Waals surface area contributed by atoms with Crippen molar-refractivity contribution in [3.8, 4) is 0 Å². The van der Waals surface area contributed by atoms with E-state index in [-0.39, 0.29) is 12.2 Å². The first-order valence-corrected chi connectivity index (χ1v) is 6.05. The van der Waals surface area contributed by atoms with Crippen molar-refractivity contribution in [1.82, 2.24) is 4.98 Å². The number of Topliss-reactive ketones (excluding diaryl/α,β-unsaturated/α-hetero) is 1. The highest BCUT2D eigenvalue weighted by molar-refractivity contribution is 9.10. The number of benzene rings is 1. The molecular weight excluding hydrogens is 298 g/mol. The van der Waals surface area contributed by atoms with Gasteiger partial charge in [-0.3, -0.25) is 14.6 Å². The molecule has 18 heavy (non-hydrogen) atoms. The Morgan fingerprint density at radius 1 is 1.33 bits per heavy atom. The van der Waals surface area contributed by atoms with Crippen LogP contribution in [0.5, 0.6) is 0 Å². The monoisotopic (exact) mass is 307 g/mol. The molecule has 0 radical (unpaired) electrons. The van der Waals surface area contributed by atoms with Crippen molar-refractivity contribution in [2.75, 3.05) is 7.11 Å². The number of halogens is 1. The van der Waals surface area contributed by atoms with Gasteiger partial charge in [0.15, 0.2) is 5.78 Å². The molecule has 92 valence electrons. The summed E-state index contributed by atoms with van der Waals surface area (Å²) < 4.78 is 5.35. The molecule has 1 aromatic heterocycles. The summed E-state index contributed by atoms with van der Waals surface area (Å²) in [4.78, 5) is 27.3. The van der Waals surface area contributed by atoms with Gasteiger partial charge in [-0.25, -0.2) is 0 Å². The van der Waals surface area contributed by atoms with Crippen molar-refractivity contribution in [3.63, 3.8) is 0 Å². The molecule has 2 rings (SSSR count).